The Kier molecular flexibility index (Phi) is 6.98. The molecule has 8 nitrogen and oxygen atoms in total. The third-order valence-electron chi connectivity index (χ3n) is 6.85. The molecule has 0 radical (unpaired) electrons. The van der Waals surface area contributed by atoms with E-state index in [-0.39, 0.29) is 36.0 Å². The summed E-state index contributed by atoms with van der Waals surface area (Å²) >= 11 is 0. The Bertz CT molecular complexity index is 1320. The number of benzene rings is 3. The number of nitrogens with one attached hydrogen (secondary N) is 1. The number of fused-ring (bicyclic) bond motifs is 1. The van der Waals surface area contributed by atoms with Crippen molar-refractivity contribution in [1.29, 1.82) is 0 Å². The van der Waals surface area contributed by atoms with Crippen molar-refractivity contribution in [2.75, 3.05) is 44.2 Å². The van der Waals surface area contributed by atoms with E-state index in [1.54, 1.807) is 4.90 Å². The van der Waals surface area contributed by atoms with Crippen molar-refractivity contribution in [3.05, 3.63) is 101 Å². The van der Waals surface area contributed by atoms with Crippen LogP contribution in [0, 0.1) is 0 Å². The van der Waals surface area contributed by atoms with E-state index >= 15 is 0 Å². The SMILES string of the molecule is O=C(NCC(=O)N1CCN(c2ccccc2)CC1)c1ccc2c(c1)C(=O)N(CCc1ccccc1)C2=O. The highest BCUT2D eigenvalue weighted by atomic mass is 16.2. The third-order valence-corrected chi connectivity index (χ3v) is 6.85. The van der Waals surface area contributed by atoms with Crippen LogP contribution in [-0.4, -0.2) is 72.7 Å². The summed E-state index contributed by atoms with van der Waals surface area (Å²) in [6, 6.07) is 24.2. The monoisotopic (exact) mass is 496 g/mol. The average molecular weight is 497 g/mol. The van der Waals surface area contributed by atoms with Gasteiger partial charge in [-0.25, -0.2) is 0 Å². The highest BCUT2D eigenvalue weighted by Gasteiger charge is 2.35. The van der Waals surface area contributed by atoms with Gasteiger partial charge in [-0.3, -0.25) is 24.1 Å². The molecule has 3 aromatic rings. The Labute approximate surface area is 215 Å². The van der Waals surface area contributed by atoms with Gasteiger partial charge in [0.1, 0.15) is 0 Å². The summed E-state index contributed by atoms with van der Waals surface area (Å²) in [5, 5.41) is 2.66. The highest BCUT2D eigenvalue weighted by molar-refractivity contribution is 6.22. The fourth-order valence-corrected chi connectivity index (χ4v) is 4.74. The quantitative estimate of drug-likeness (QED) is 0.508. The lowest BCUT2D eigenvalue weighted by Crippen LogP contribution is -2.51. The summed E-state index contributed by atoms with van der Waals surface area (Å²) < 4.78 is 0. The van der Waals surface area contributed by atoms with Crippen molar-refractivity contribution in [3.8, 4) is 0 Å². The summed E-state index contributed by atoms with van der Waals surface area (Å²) in [6.07, 6.45) is 0.557. The summed E-state index contributed by atoms with van der Waals surface area (Å²) in [7, 11) is 0. The van der Waals surface area contributed by atoms with Gasteiger partial charge in [-0.05, 0) is 42.3 Å². The molecular formula is C29H28N4O4. The first-order valence-electron chi connectivity index (χ1n) is 12.4. The molecule has 0 saturated carbocycles. The third kappa shape index (κ3) is 5.23. The Balaban J connectivity index is 1.15. The number of carbonyl (C=O) groups is 4. The maximum absolute atomic E-state index is 12.9. The average Bonchev–Trinajstić information content (AvgIpc) is 3.19. The lowest BCUT2D eigenvalue weighted by Gasteiger charge is -2.36. The fourth-order valence-electron chi connectivity index (χ4n) is 4.74. The number of imide groups is 1. The van der Waals surface area contributed by atoms with E-state index in [0.29, 0.717) is 25.1 Å². The van der Waals surface area contributed by atoms with E-state index in [9.17, 15) is 19.2 Å². The predicted octanol–water partition coefficient (Wildman–Crippen LogP) is 2.60. The molecule has 3 aromatic carbocycles. The maximum atomic E-state index is 12.9. The largest absolute Gasteiger partial charge is 0.368 e. The number of amides is 4. The molecule has 0 aliphatic carbocycles. The van der Waals surface area contributed by atoms with Crippen molar-refractivity contribution in [3.63, 3.8) is 0 Å². The van der Waals surface area contributed by atoms with Crippen LogP contribution in [0.5, 0.6) is 0 Å². The zero-order valence-corrected chi connectivity index (χ0v) is 20.4. The topological polar surface area (TPSA) is 90.0 Å². The summed E-state index contributed by atoms with van der Waals surface area (Å²) in [5.74, 6) is -1.37. The van der Waals surface area contributed by atoms with E-state index < -0.39 is 11.8 Å². The second-order valence-corrected chi connectivity index (χ2v) is 9.14. The zero-order valence-electron chi connectivity index (χ0n) is 20.4. The number of anilines is 1. The van der Waals surface area contributed by atoms with Crippen LogP contribution >= 0.6 is 0 Å². The van der Waals surface area contributed by atoms with Gasteiger partial charge in [0, 0.05) is 44.0 Å². The minimum atomic E-state index is -0.456. The van der Waals surface area contributed by atoms with Crippen molar-refractivity contribution in [2.45, 2.75) is 6.42 Å². The fraction of sp³-hybridized carbons (Fsp3) is 0.241. The second kappa shape index (κ2) is 10.7. The Morgan fingerprint density at radius 3 is 2.11 bits per heavy atom. The molecular weight excluding hydrogens is 468 g/mol. The Hall–Kier alpha value is -4.46. The van der Waals surface area contributed by atoms with Crippen molar-refractivity contribution < 1.29 is 19.2 Å². The zero-order chi connectivity index (χ0) is 25.8. The van der Waals surface area contributed by atoms with Crippen LogP contribution in [0.2, 0.25) is 0 Å². The summed E-state index contributed by atoms with van der Waals surface area (Å²) in [6.45, 7) is 2.76. The molecule has 0 aromatic heterocycles. The minimum Gasteiger partial charge on any atom is -0.368 e. The molecule has 0 bridgehead atoms. The number of hydrogen-bond donors (Lipinski definition) is 1. The first-order chi connectivity index (χ1) is 18.0. The van der Waals surface area contributed by atoms with Crippen LogP contribution in [0.3, 0.4) is 0 Å². The van der Waals surface area contributed by atoms with Gasteiger partial charge in [0.05, 0.1) is 17.7 Å². The van der Waals surface area contributed by atoms with Gasteiger partial charge in [-0.2, -0.15) is 0 Å². The molecule has 4 amide bonds. The van der Waals surface area contributed by atoms with Crippen LogP contribution < -0.4 is 10.2 Å². The van der Waals surface area contributed by atoms with Gasteiger partial charge < -0.3 is 15.1 Å². The molecule has 0 unspecified atom stereocenters. The van der Waals surface area contributed by atoms with E-state index in [0.717, 1.165) is 24.3 Å². The van der Waals surface area contributed by atoms with Crippen LogP contribution in [0.1, 0.15) is 36.6 Å². The highest BCUT2D eigenvalue weighted by Crippen LogP contribution is 2.24. The Morgan fingerprint density at radius 2 is 1.41 bits per heavy atom. The molecule has 1 fully saturated rings. The maximum Gasteiger partial charge on any atom is 0.261 e. The van der Waals surface area contributed by atoms with Crippen LogP contribution in [-0.2, 0) is 11.2 Å². The van der Waals surface area contributed by atoms with E-state index in [1.165, 1.54) is 23.1 Å². The summed E-state index contributed by atoms with van der Waals surface area (Å²) in [4.78, 5) is 56.3. The molecule has 0 atom stereocenters. The Morgan fingerprint density at radius 1 is 0.757 bits per heavy atom. The molecule has 1 saturated heterocycles. The van der Waals surface area contributed by atoms with Crippen molar-refractivity contribution >= 4 is 29.3 Å². The smallest absolute Gasteiger partial charge is 0.261 e. The van der Waals surface area contributed by atoms with Gasteiger partial charge >= 0.3 is 0 Å². The molecule has 2 aliphatic heterocycles. The number of hydrogen-bond acceptors (Lipinski definition) is 5. The van der Waals surface area contributed by atoms with Crippen LogP contribution in [0.25, 0.3) is 0 Å². The van der Waals surface area contributed by atoms with Gasteiger partial charge in [0.25, 0.3) is 17.7 Å². The number of para-hydroxylation sites is 1. The van der Waals surface area contributed by atoms with Gasteiger partial charge in [-0.1, -0.05) is 48.5 Å². The van der Waals surface area contributed by atoms with Gasteiger partial charge in [-0.15, -0.1) is 0 Å². The molecule has 2 heterocycles. The van der Waals surface area contributed by atoms with Crippen molar-refractivity contribution in [1.82, 2.24) is 15.1 Å². The van der Waals surface area contributed by atoms with Crippen molar-refractivity contribution in [2.24, 2.45) is 0 Å². The lowest BCUT2D eigenvalue weighted by molar-refractivity contribution is -0.130. The molecule has 8 heteroatoms. The molecule has 37 heavy (non-hydrogen) atoms. The molecule has 1 N–H and O–H groups in total. The predicted molar refractivity (Wildman–Crippen MR) is 140 cm³/mol. The van der Waals surface area contributed by atoms with Gasteiger partial charge in [0.2, 0.25) is 5.91 Å². The minimum absolute atomic E-state index is 0.128. The number of rotatable bonds is 7. The van der Waals surface area contributed by atoms with E-state index in [1.807, 2.05) is 48.5 Å². The lowest BCUT2D eigenvalue weighted by atomic mass is 10.1. The second-order valence-electron chi connectivity index (χ2n) is 9.14. The number of carbonyl (C=O) groups excluding carboxylic acids is 4. The molecule has 188 valence electrons. The van der Waals surface area contributed by atoms with E-state index in [2.05, 4.69) is 22.3 Å². The van der Waals surface area contributed by atoms with Gasteiger partial charge in [0.15, 0.2) is 0 Å². The first kappa shape index (κ1) is 24.2. The normalized spacial score (nSPS) is 15.1. The van der Waals surface area contributed by atoms with Crippen LogP contribution in [0.15, 0.2) is 78.9 Å². The standard InChI is InChI=1S/C29H28N4O4/c34-26(32-17-15-31(16-18-32)23-9-5-2-6-10-23)20-30-27(35)22-11-12-24-25(19-22)29(37)33(28(24)36)14-13-21-7-3-1-4-8-21/h1-12,19H,13-18,20H2,(H,30,35). The van der Waals surface area contributed by atoms with Crippen LogP contribution in [0.4, 0.5) is 5.69 Å². The molecule has 0 spiro atoms. The first-order valence-corrected chi connectivity index (χ1v) is 12.4. The summed E-state index contributed by atoms with van der Waals surface area (Å²) in [5.41, 5.74) is 2.92. The number of nitrogens with zero attached hydrogens (tertiary/aromatic N) is 3. The molecule has 2 aliphatic rings. The molecule has 5 rings (SSSR count). The van der Waals surface area contributed by atoms with E-state index in [4.69, 9.17) is 0 Å². The number of piperazine rings is 1.